The Balaban J connectivity index is 1.72. The Morgan fingerprint density at radius 1 is 1.45 bits per heavy atom. The highest BCUT2D eigenvalue weighted by Gasteiger charge is 2.51. The largest absolute Gasteiger partial charge is 0.433 e. The van der Waals surface area contributed by atoms with Gasteiger partial charge in [-0.25, -0.2) is 0 Å². The summed E-state index contributed by atoms with van der Waals surface area (Å²) in [5.74, 6) is 0.0294. The van der Waals surface area contributed by atoms with E-state index in [4.69, 9.17) is 5.73 Å². The molecule has 0 radical (unpaired) electrons. The molecule has 0 bridgehead atoms. The Labute approximate surface area is 126 Å². The average molecular weight is 313 g/mol. The van der Waals surface area contributed by atoms with E-state index in [1.807, 2.05) is 4.90 Å². The summed E-state index contributed by atoms with van der Waals surface area (Å²) in [6.45, 7) is 1.38. The van der Waals surface area contributed by atoms with Gasteiger partial charge in [0.25, 0.3) is 0 Å². The molecule has 0 aromatic carbocycles. The van der Waals surface area contributed by atoms with E-state index in [1.54, 1.807) is 6.07 Å². The average Bonchev–Trinajstić information content (AvgIpc) is 3.03. The Hall–Kier alpha value is -1.79. The van der Waals surface area contributed by atoms with Gasteiger partial charge in [-0.2, -0.15) is 13.2 Å². The van der Waals surface area contributed by atoms with Crippen molar-refractivity contribution in [3.8, 4) is 0 Å². The topological polar surface area (TPSA) is 59.2 Å². The molecule has 1 saturated heterocycles. The number of hydrogen-bond acceptors (Lipinski definition) is 3. The number of nitrogens with zero attached hydrogens (tertiary/aromatic N) is 2. The molecule has 120 valence electrons. The van der Waals surface area contributed by atoms with Crippen LogP contribution in [-0.4, -0.2) is 24.0 Å². The van der Waals surface area contributed by atoms with Crippen LogP contribution in [0.5, 0.6) is 0 Å². The number of carbonyl (C=O) groups excluding carboxylic acids is 1. The number of alkyl halides is 3. The van der Waals surface area contributed by atoms with Crippen LogP contribution in [0.4, 0.5) is 18.9 Å². The molecule has 1 aliphatic carbocycles. The number of halogens is 3. The first-order valence-electron chi connectivity index (χ1n) is 7.37. The first-order chi connectivity index (χ1) is 10.3. The molecule has 2 heterocycles. The first kappa shape index (κ1) is 15.1. The maximum Gasteiger partial charge on any atom is 0.433 e. The van der Waals surface area contributed by atoms with Gasteiger partial charge in [0, 0.05) is 31.4 Å². The number of amides is 1. The maximum atomic E-state index is 12.7. The van der Waals surface area contributed by atoms with E-state index in [2.05, 4.69) is 4.98 Å². The fourth-order valence-corrected chi connectivity index (χ4v) is 3.50. The lowest BCUT2D eigenvalue weighted by atomic mass is 9.85. The van der Waals surface area contributed by atoms with E-state index >= 15 is 0 Å². The third-order valence-electron chi connectivity index (χ3n) is 4.87. The molecule has 1 amide bonds. The number of pyridine rings is 1. The van der Waals surface area contributed by atoms with Crippen molar-refractivity contribution in [3.63, 3.8) is 0 Å². The Morgan fingerprint density at radius 2 is 2.18 bits per heavy atom. The van der Waals surface area contributed by atoms with Crippen molar-refractivity contribution >= 4 is 11.6 Å². The third kappa shape index (κ3) is 2.89. The zero-order valence-electron chi connectivity index (χ0n) is 12.1. The molecule has 2 aliphatic rings. The number of nitrogens with two attached hydrogens (primary N) is 1. The van der Waals surface area contributed by atoms with Crippen LogP contribution in [0.25, 0.3) is 0 Å². The number of carbonyl (C=O) groups is 1. The minimum Gasteiger partial charge on any atom is -0.371 e. The summed E-state index contributed by atoms with van der Waals surface area (Å²) in [5.41, 5.74) is 4.97. The smallest absolute Gasteiger partial charge is 0.371 e. The van der Waals surface area contributed by atoms with Crippen LogP contribution in [0.1, 0.15) is 31.4 Å². The van der Waals surface area contributed by atoms with Gasteiger partial charge < -0.3 is 10.6 Å². The van der Waals surface area contributed by atoms with Gasteiger partial charge in [0.2, 0.25) is 5.91 Å². The second-order valence-corrected chi connectivity index (χ2v) is 6.33. The van der Waals surface area contributed by atoms with E-state index in [0.717, 1.165) is 25.3 Å². The summed E-state index contributed by atoms with van der Waals surface area (Å²) in [7, 11) is 0. The van der Waals surface area contributed by atoms with Crippen LogP contribution in [0.3, 0.4) is 0 Å². The Morgan fingerprint density at radius 3 is 2.77 bits per heavy atom. The van der Waals surface area contributed by atoms with Gasteiger partial charge >= 0.3 is 6.18 Å². The van der Waals surface area contributed by atoms with Gasteiger partial charge in [-0.3, -0.25) is 9.78 Å². The van der Waals surface area contributed by atoms with Crippen LogP contribution >= 0.6 is 0 Å². The SMILES string of the molecule is NC(=O)CC1([C@H]2CCN(c3ccnc(C(F)(F)F)c3)C2)CC1. The summed E-state index contributed by atoms with van der Waals surface area (Å²) in [4.78, 5) is 16.5. The fraction of sp³-hybridized carbons (Fsp3) is 0.600. The molecular formula is C15H18F3N3O. The van der Waals surface area contributed by atoms with Gasteiger partial charge in [-0.05, 0) is 42.7 Å². The van der Waals surface area contributed by atoms with Crippen LogP contribution in [0.2, 0.25) is 0 Å². The van der Waals surface area contributed by atoms with Gasteiger partial charge in [0.15, 0.2) is 0 Å². The first-order valence-corrected chi connectivity index (χ1v) is 7.37. The monoisotopic (exact) mass is 313 g/mol. The molecule has 3 rings (SSSR count). The molecule has 0 spiro atoms. The van der Waals surface area contributed by atoms with E-state index in [-0.39, 0.29) is 11.3 Å². The van der Waals surface area contributed by atoms with Crippen molar-refractivity contribution in [2.75, 3.05) is 18.0 Å². The van der Waals surface area contributed by atoms with Crippen LogP contribution in [0.15, 0.2) is 18.3 Å². The molecular weight excluding hydrogens is 295 g/mol. The van der Waals surface area contributed by atoms with Crippen molar-refractivity contribution in [2.45, 2.75) is 31.9 Å². The summed E-state index contributed by atoms with van der Waals surface area (Å²) in [6.07, 6.45) is 0.00436. The van der Waals surface area contributed by atoms with Crippen LogP contribution in [-0.2, 0) is 11.0 Å². The normalized spacial score (nSPS) is 23.6. The van der Waals surface area contributed by atoms with Crippen molar-refractivity contribution < 1.29 is 18.0 Å². The second kappa shape index (κ2) is 5.14. The lowest BCUT2D eigenvalue weighted by Gasteiger charge is -2.23. The maximum absolute atomic E-state index is 12.7. The predicted octanol–water partition coefficient (Wildman–Crippen LogP) is 2.58. The van der Waals surface area contributed by atoms with Crippen molar-refractivity contribution in [1.29, 1.82) is 0 Å². The molecule has 7 heteroatoms. The van der Waals surface area contributed by atoms with Gasteiger partial charge in [0.05, 0.1) is 0 Å². The summed E-state index contributed by atoms with van der Waals surface area (Å²) < 4.78 is 38.2. The highest BCUT2D eigenvalue weighted by molar-refractivity contribution is 5.75. The molecule has 1 aromatic heterocycles. The van der Waals surface area contributed by atoms with Crippen molar-refractivity contribution in [1.82, 2.24) is 4.98 Å². The molecule has 0 unspecified atom stereocenters. The fourth-order valence-electron chi connectivity index (χ4n) is 3.50. The van der Waals surface area contributed by atoms with Crippen LogP contribution in [0, 0.1) is 11.3 Å². The lowest BCUT2D eigenvalue weighted by Crippen LogP contribution is -2.27. The molecule has 1 atom stereocenters. The predicted molar refractivity (Wildman–Crippen MR) is 75.0 cm³/mol. The quantitative estimate of drug-likeness (QED) is 0.929. The van der Waals surface area contributed by atoms with Crippen molar-refractivity contribution in [2.24, 2.45) is 17.1 Å². The van der Waals surface area contributed by atoms with Gasteiger partial charge in [-0.15, -0.1) is 0 Å². The minimum atomic E-state index is -4.43. The van der Waals surface area contributed by atoms with Gasteiger partial charge in [0.1, 0.15) is 5.69 Å². The number of aromatic nitrogens is 1. The molecule has 2 N–H and O–H groups in total. The zero-order valence-corrected chi connectivity index (χ0v) is 12.1. The van der Waals surface area contributed by atoms with Gasteiger partial charge in [-0.1, -0.05) is 0 Å². The highest BCUT2D eigenvalue weighted by atomic mass is 19.4. The number of anilines is 1. The minimum absolute atomic E-state index is 0.0134. The van der Waals surface area contributed by atoms with E-state index in [1.165, 1.54) is 6.20 Å². The lowest BCUT2D eigenvalue weighted by molar-refractivity contribution is -0.141. The van der Waals surface area contributed by atoms with Crippen LogP contribution < -0.4 is 10.6 Å². The van der Waals surface area contributed by atoms with E-state index < -0.39 is 11.9 Å². The number of hydrogen-bond donors (Lipinski definition) is 1. The Bertz CT molecular complexity index is 584. The Kier molecular flexibility index (Phi) is 3.53. The molecule has 22 heavy (non-hydrogen) atoms. The van der Waals surface area contributed by atoms with E-state index in [9.17, 15) is 18.0 Å². The second-order valence-electron chi connectivity index (χ2n) is 6.33. The zero-order chi connectivity index (χ0) is 16.0. The summed E-state index contributed by atoms with van der Waals surface area (Å²) >= 11 is 0. The van der Waals surface area contributed by atoms with E-state index in [0.29, 0.717) is 31.1 Å². The molecule has 4 nitrogen and oxygen atoms in total. The summed E-state index contributed by atoms with van der Waals surface area (Å²) in [5, 5.41) is 0. The highest BCUT2D eigenvalue weighted by Crippen LogP contribution is 2.57. The molecule has 2 fully saturated rings. The number of primary amides is 1. The molecule has 1 saturated carbocycles. The number of rotatable bonds is 4. The van der Waals surface area contributed by atoms with Crippen molar-refractivity contribution in [3.05, 3.63) is 24.0 Å². The molecule has 1 aromatic rings. The summed E-state index contributed by atoms with van der Waals surface area (Å²) in [6, 6.07) is 2.70. The third-order valence-corrected chi connectivity index (χ3v) is 4.87. The standard InChI is InChI=1S/C15H18F3N3O/c16-15(17,18)12-7-11(1-5-20-12)21-6-2-10(9-21)14(3-4-14)8-13(19)22/h1,5,7,10H,2-4,6,8-9H2,(H2,19,22)/t10-/m0/s1. The molecule has 1 aliphatic heterocycles.